The Morgan fingerprint density at radius 2 is 2.13 bits per heavy atom. The van der Waals surface area contributed by atoms with Crippen LogP contribution in [0.25, 0.3) is 0 Å². The summed E-state index contributed by atoms with van der Waals surface area (Å²) in [5, 5.41) is 11.1. The van der Waals surface area contributed by atoms with Crippen molar-refractivity contribution in [2.24, 2.45) is 0 Å². The third-order valence-electron chi connectivity index (χ3n) is 1.90. The molecule has 1 rings (SSSR count). The fourth-order valence-electron chi connectivity index (χ4n) is 1.24. The van der Waals surface area contributed by atoms with E-state index in [2.05, 4.69) is 5.32 Å². The van der Waals surface area contributed by atoms with Crippen LogP contribution in [-0.2, 0) is 4.79 Å². The van der Waals surface area contributed by atoms with Crippen LogP contribution in [0.2, 0.25) is 0 Å². The molecule has 0 saturated heterocycles. The van der Waals surface area contributed by atoms with Crippen LogP contribution in [0.3, 0.4) is 0 Å². The molecule has 1 amide bonds. The lowest BCUT2D eigenvalue weighted by atomic mass is 10.2. The Kier molecular flexibility index (Phi) is 3.69. The average molecular weight is 203 g/mol. The maximum absolute atomic E-state index is 11.2. The molecule has 0 heterocycles. The Bertz CT molecular complexity index is 393. The van der Waals surface area contributed by atoms with Crippen LogP contribution in [0.15, 0.2) is 24.3 Å². The molecule has 1 aromatic rings. The second kappa shape index (κ2) is 5.01. The van der Waals surface area contributed by atoms with Gasteiger partial charge in [-0.05, 0) is 12.1 Å². The largest absolute Gasteiger partial charge is 0.376 e. The molecule has 4 heteroatoms. The average Bonchev–Trinajstić information content (AvgIpc) is 2.18. The number of nitrogens with zero attached hydrogens (tertiary/aromatic N) is 2. The van der Waals surface area contributed by atoms with Crippen LogP contribution in [0, 0.1) is 11.3 Å². The molecule has 0 aliphatic rings. The first-order valence-corrected chi connectivity index (χ1v) is 4.58. The number of carbonyl (C=O) groups excluding carboxylic acids is 1. The molecule has 1 aromatic carbocycles. The smallest absolute Gasteiger partial charge is 0.238 e. The third-order valence-corrected chi connectivity index (χ3v) is 1.90. The summed E-state index contributed by atoms with van der Waals surface area (Å²) in [5.74, 6) is -0.285. The number of carbonyl (C=O) groups is 1. The highest BCUT2D eigenvalue weighted by Gasteiger charge is 2.06. The summed E-state index contributed by atoms with van der Waals surface area (Å²) >= 11 is 0. The predicted octanol–water partition coefficient (Wildman–Crippen LogP) is 1.60. The molecule has 0 bridgehead atoms. The Labute approximate surface area is 89.1 Å². The van der Waals surface area contributed by atoms with Crippen molar-refractivity contribution in [3.8, 4) is 6.07 Å². The van der Waals surface area contributed by atoms with E-state index >= 15 is 0 Å². The number of hydrogen-bond donors (Lipinski definition) is 1. The first kappa shape index (κ1) is 11.1. The van der Waals surface area contributed by atoms with E-state index < -0.39 is 0 Å². The Balaban J connectivity index is 2.85. The highest BCUT2D eigenvalue weighted by atomic mass is 16.1. The second-order valence-electron chi connectivity index (χ2n) is 3.29. The molecule has 0 aliphatic carbocycles. The van der Waals surface area contributed by atoms with Gasteiger partial charge >= 0.3 is 0 Å². The minimum atomic E-state index is -0.285. The summed E-state index contributed by atoms with van der Waals surface area (Å²) in [4.78, 5) is 13.1. The van der Waals surface area contributed by atoms with Gasteiger partial charge in [0.2, 0.25) is 5.91 Å². The van der Waals surface area contributed by atoms with Crippen molar-refractivity contribution < 1.29 is 4.79 Å². The molecule has 0 saturated carbocycles. The SMILES string of the molecule is CN(C)c1ccccc1NC(=O)CC#N. The Morgan fingerprint density at radius 1 is 1.47 bits per heavy atom. The first-order valence-electron chi connectivity index (χ1n) is 4.58. The minimum Gasteiger partial charge on any atom is -0.376 e. The fraction of sp³-hybridized carbons (Fsp3) is 0.273. The summed E-state index contributed by atoms with van der Waals surface area (Å²) in [6, 6.07) is 9.27. The van der Waals surface area contributed by atoms with Gasteiger partial charge < -0.3 is 10.2 Å². The maximum Gasteiger partial charge on any atom is 0.238 e. The van der Waals surface area contributed by atoms with Crippen LogP contribution < -0.4 is 10.2 Å². The first-order chi connectivity index (χ1) is 7.15. The maximum atomic E-state index is 11.2. The van der Waals surface area contributed by atoms with Gasteiger partial charge in [-0.3, -0.25) is 4.79 Å². The number of benzene rings is 1. The van der Waals surface area contributed by atoms with Gasteiger partial charge in [-0.25, -0.2) is 0 Å². The molecule has 0 fully saturated rings. The zero-order valence-corrected chi connectivity index (χ0v) is 8.82. The van der Waals surface area contributed by atoms with Crippen molar-refractivity contribution in [2.75, 3.05) is 24.3 Å². The van der Waals surface area contributed by atoms with Crippen molar-refractivity contribution in [2.45, 2.75) is 6.42 Å². The Morgan fingerprint density at radius 3 is 2.73 bits per heavy atom. The Hall–Kier alpha value is -2.02. The van der Waals surface area contributed by atoms with Crippen LogP contribution in [0.5, 0.6) is 0 Å². The molecule has 0 atom stereocenters. The quantitative estimate of drug-likeness (QED) is 0.811. The zero-order valence-electron chi connectivity index (χ0n) is 8.82. The van der Waals surface area contributed by atoms with Crippen LogP contribution in [-0.4, -0.2) is 20.0 Å². The number of nitrogens with one attached hydrogen (secondary N) is 1. The van der Waals surface area contributed by atoms with Gasteiger partial charge in [-0.15, -0.1) is 0 Å². The predicted molar refractivity (Wildman–Crippen MR) is 59.6 cm³/mol. The molecule has 15 heavy (non-hydrogen) atoms. The van der Waals surface area contributed by atoms with E-state index in [1.165, 1.54) is 0 Å². The summed E-state index contributed by atoms with van der Waals surface area (Å²) in [7, 11) is 3.80. The molecule has 1 N–H and O–H groups in total. The highest BCUT2D eigenvalue weighted by Crippen LogP contribution is 2.23. The number of para-hydroxylation sites is 2. The van der Waals surface area contributed by atoms with Crippen LogP contribution in [0.1, 0.15) is 6.42 Å². The number of amides is 1. The molecule has 0 aliphatic heterocycles. The topological polar surface area (TPSA) is 56.1 Å². The molecule has 0 aromatic heterocycles. The summed E-state index contributed by atoms with van der Waals surface area (Å²) in [6.45, 7) is 0. The number of hydrogen-bond acceptors (Lipinski definition) is 3. The third kappa shape index (κ3) is 2.99. The van der Waals surface area contributed by atoms with Crippen LogP contribution >= 0.6 is 0 Å². The lowest BCUT2D eigenvalue weighted by Gasteiger charge is -2.17. The number of nitriles is 1. The minimum absolute atomic E-state index is 0.123. The van der Waals surface area contributed by atoms with Gasteiger partial charge in [0.25, 0.3) is 0 Å². The lowest BCUT2D eigenvalue weighted by molar-refractivity contribution is -0.115. The molecular formula is C11H13N3O. The van der Waals surface area contributed by atoms with Gasteiger partial charge in [0.1, 0.15) is 6.42 Å². The van der Waals surface area contributed by atoms with Gasteiger partial charge in [0.15, 0.2) is 0 Å². The van der Waals surface area contributed by atoms with E-state index in [4.69, 9.17) is 5.26 Å². The lowest BCUT2D eigenvalue weighted by Crippen LogP contribution is -2.15. The van der Waals surface area contributed by atoms with Gasteiger partial charge in [0.05, 0.1) is 17.4 Å². The van der Waals surface area contributed by atoms with Crippen molar-refractivity contribution >= 4 is 17.3 Å². The van der Waals surface area contributed by atoms with Crippen LogP contribution in [0.4, 0.5) is 11.4 Å². The molecular weight excluding hydrogens is 190 g/mol. The van der Waals surface area contributed by atoms with E-state index in [1.807, 2.05) is 49.3 Å². The van der Waals surface area contributed by atoms with E-state index in [9.17, 15) is 4.79 Å². The molecule has 0 unspecified atom stereocenters. The summed E-state index contributed by atoms with van der Waals surface area (Å²) in [5.41, 5.74) is 1.64. The highest BCUT2D eigenvalue weighted by molar-refractivity contribution is 5.95. The fourth-order valence-corrected chi connectivity index (χ4v) is 1.24. The number of rotatable bonds is 3. The molecule has 0 radical (unpaired) electrons. The van der Waals surface area contributed by atoms with Crippen molar-refractivity contribution in [1.82, 2.24) is 0 Å². The standard InChI is InChI=1S/C11H13N3O/c1-14(2)10-6-4-3-5-9(10)13-11(15)7-8-12/h3-6H,7H2,1-2H3,(H,13,15). The second-order valence-corrected chi connectivity index (χ2v) is 3.29. The molecule has 78 valence electrons. The summed E-state index contributed by atoms with van der Waals surface area (Å²) < 4.78 is 0. The van der Waals surface area contributed by atoms with Crippen molar-refractivity contribution in [3.05, 3.63) is 24.3 Å². The van der Waals surface area contributed by atoms with E-state index in [0.717, 1.165) is 11.4 Å². The monoisotopic (exact) mass is 203 g/mol. The van der Waals surface area contributed by atoms with E-state index in [1.54, 1.807) is 0 Å². The molecule has 4 nitrogen and oxygen atoms in total. The van der Waals surface area contributed by atoms with Crippen molar-refractivity contribution in [3.63, 3.8) is 0 Å². The normalized spacial score (nSPS) is 9.13. The number of anilines is 2. The van der Waals surface area contributed by atoms with Gasteiger partial charge in [0, 0.05) is 14.1 Å². The van der Waals surface area contributed by atoms with Gasteiger partial charge in [-0.1, -0.05) is 12.1 Å². The van der Waals surface area contributed by atoms with E-state index in [-0.39, 0.29) is 12.3 Å². The van der Waals surface area contributed by atoms with Crippen molar-refractivity contribution in [1.29, 1.82) is 5.26 Å². The van der Waals surface area contributed by atoms with Gasteiger partial charge in [-0.2, -0.15) is 5.26 Å². The molecule has 0 spiro atoms. The zero-order chi connectivity index (χ0) is 11.3. The van der Waals surface area contributed by atoms with E-state index in [0.29, 0.717) is 0 Å². The summed E-state index contributed by atoms with van der Waals surface area (Å²) in [6.07, 6.45) is -0.123.